The molecular weight excluding hydrogens is 370 g/mol. The molecule has 152 valence electrons. The molecule has 3 aromatic rings. The number of fused-ring (bicyclic) bond motifs is 1. The van der Waals surface area contributed by atoms with Crippen molar-refractivity contribution in [3.63, 3.8) is 0 Å². The largest absolute Gasteiger partial charge is 0.481 e. The first-order chi connectivity index (χ1) is 14.2. The number of hydrogen-bond acceptors (Lipinski definition) is 7. The molecule has 1 N–H and O–H groups in total. The Kier molecular flexibility index (Phi) is 5.71. The average Bonchev–Trinajstić information content (AvgIpc) is 3.57. The van der Waals surface area contributed by atoms with Gasteiger partial charge >= 0.3 is 0 Å². The fourth-order valence-electron chi connectivity index (χ4n) is 3.09. The van der Waals surface area contributed by atoms with Crippen molar-refractivity contribution in [3.05, 3.63) is 40.9 Å². The maximum absolute atomic E-state index is 13.1. The number of nitrogens with one attached hydrogen (secondary N) is 1. The highest BCUT2D eigenvalue weighted by Gasteiger charge is 2.24. The summed E-state index contributed by atoms with van der Waals surface area (Å²) >= 11 is 0. The van der Waals surface area contributed by atoms with Gasteiger partial charge in [0.2, 0.25) is 5.88 Å². The van der Waals surface area contributed by atoms with Crippen LogP contribution in [0.1, 0.15) is 26.2 Å². The standard InChI is InChI=1S/C21H25N5O3/c1-3-9-29-10-8-26-17-11-15(14-4-7-18(28-2)22-12-14)13-23-19(17)25-20(21(26)27)24-16-5-6-16/h4,7,11-13,16H,3,5-6,8-10H2,1-2H3,(H,23,24,25). The van der Waals surface area contributed by atoms with E-state index in [-0.39, 0.29) is 5.56 Å². The summed E-state index contributed by atoms with van der Waals surface area (Å²) in [6, 6.07) is 5.98. The van der Waals surface area contributed by atoms with Crippen LogP contribution >= 0.6 is 0 Å². The van der Waals surface area contributed by atoms with Crippen LogP contribution in [-0.2, 0) is 11.3 Å². The second kappa shape index (κ2) is 8.57. The van der Waals surface area contributed by atoms with E-state index in [0.717, 1.165) is 30.4 Å². The van der Waals surface area contributed by atoms with Gasteiger partial charge in [-0.1, -0.05) is 6.92 Å². The lowest BCUT2D eigenvalue weighted by Crippen LogP contribution is -2.28. The SMILES string of the molecule is CCCOCCn1c(=O)c(NC2CC2)nc2ncc(-c3ccc(OC)nc3)cc21. The first kappa shape index (κ1) is 19.3. The van der Waals surface area contributed by atoms with E-state index in [0.29, 0.717) is 48.7 Å². The summed E-state index contributed by atoms with van der Waals surface area (Å²) in [5.74, 6) is 0.909. The maximum Gasteiger partial charge on any atom is 0.293 e. The topological polar surface area (TPSA) is 91.2 Å². The zero-order valence-electron chi connectivity index (χ0n) is 16.7. The minimum atomic E-state index is -0.142. The molecule has 8 heteroatoms. The molecule has 0 aliphatic heterocycles. The van der Waals surface area contributed by atoms with Crippen LogP contribution in [0.5, 0.6) is 5.88 Å². The second-order valence-corrected chi connectivity index (χ2v) is 7.10. The zero-order chi connectivity index (χ0) is 20.2. The van der Waals surface area contributed by atoms with Crippen molar-refractivity contribution >= 4 is 17.0 Å². The molecule has 0 atom stereocenters. The predicted molar refractivity (Wildman–Crippen MR) is 111 cm³/mol. The minimum absolute atomic E-state index is 0.142. The highest BCUT2D eigenvalue weighted by Crippen LogP contribution is 2.25. The molecular formula is C21H25N5O3. The Labute approximate surface area is 168 Å². The van der Waals surface area contributed by atoms with E-state index in [2.05, 4.69) is 27.2 Å². The molecule has 3 aromatic heterocycles. The predicted octanol–water partition coefficient (Wildman–Crippen LogP) is 2.86. The van der Waals surface area contributed by atoms with Gasteiger partial charge in [0.05, 0.1) is 19.2 Å². The number of rotatable bonds is 9. The number of aromatic nitrogens is 4. The summed E-state index contributed by atoms with van der Waals surface area (Å²) in [4.78, 5) is 26.3. The molecule has 1 aliphatic rings. The lowest BCUT2D eigenvalue weighted by molar-refractivity contribution is 0.127. The average molecular weight is 395 g/mol. The van der Waals surface area contributed by atoms with Gasteiger partial charge in [-0.25, -0.2) is 15.0 Å². The van der Waals surface area contributed by atoms with Crippen LogP contribution < -0.4 is 15.6 Å². The normalized spacial score (nSPS) is 13.6. The van der Waals surface area contributed by atoms with E-state index >= 15 is 0 Å². The summed E-state index contributed by atoms with van der Waals surface area (Å²) in [5.41, 5.74) is 2.83. The zero-order valence-corrected chi connectivity index (χ0v) is 16.7. The summed E-state index contributed by atoms with van der Waals surface area (Å²) in [5, 5.41) is 3.23. The van der Waals surface area contributed by atoms with Crippen LogP contribution in [-0.4, -0.2) is 45.9 Å². The second-order valence-electron chi connectivity index (χ2n) is 7.10. The number of hydrogen-bond donors (Lipinski definition) is 1. The quantitative estimate of drug-likeness (QED) is 0.557. The lowest BCUT2D eigenvalue weighted by Gasteiger charge is -2.14. The van der Waals surface area contributed by atoms with Gasteiger partial charge in [-0.2, -0.15) is 0 Å². The molecule has 3 heterocycles. The molecule has 0 aromatic carbocycles. The maximum atomic E-state index is 13.1. The van der Waals surface area contributed by atoms with Crippen molar-refractivity contribution in [3.8, 4) is 17.0 Å². The third kappa shape index (κ3) is 4.37. The molecule has 1 saturated carbocycles. The van der Waals surface area contributed by atoms with Gasteiger partial charge < -0.3 is 14.8 Å². The molecule has 0 spiro atoms. The number of pyridine rings is 2. The Morgan fingerprint density at radius 2 is 2.00 bits per heavy atom. The molecule has 1 aliphatic carbocycles. The molecule has 0 amide bonds. The molecule has 8 nitrogen and oxygen atoms in total. The van der Waals surface area contributed by atoms with Gasteiger partial charge in [0.15, 0.2) is 11.5 Å². The fraction of sp³-hybridized carbons (Fsp3) is 0.429. The number of nitrogens with zero attached hydrogens (tertiary/aromatic N) is 4. The van der Waals surface area contributed by atoms with Crippen molar-refractivity contribution in [2.75, 3.05) is 25.6 Å². The number of ether oxygens (including phenoxy) is 2. The monoisotopic (exact) mass is 395 g/mol. The summed E-state index contributed by atoms with van der Waals surface area (Å²) in [6.45, 7) is 3.64. The Morgan fingerprint density at radius 1 is 1.17 bits per heavy atom. The smallest absolute Gasteiger partial charge is 0.293 e. The van der Waals surface area contributed by atoms with Crippen LogP contribution in [0.2, 0.25) is 0 Å². The first-order valence-electron chi connectivity index (χ1n) is 9.95. The minimum Gasteiger partial charge on any atom is -0.481 e. The van der Waals surface area contributed by atoms with E-state index in [9.17, 15) is 4.79 Å². The Balaban J connectivity index is 1.74. The first-order valence-corrected chi connectivity index (χ1v) is 9.95. The van der Waals surface area contributed by atoms with Gasteiger partial charge in [-0.15, -0.1) is 0 Å². The third-order valence-electron chi connectivity index (χ3n) is 4.81. The van der Waals surface area contributed by atoms with Crippen LogP contribution in [0.15, 0.2) is 35.4 Å². The van der Waals surface area contributed by atoms with Crippen LogP contribution in [0.4, 0.5) is 5.82 Å². The highest BCUT2D eigenvalue weighted by molar-refractivity contribution is 5.79. The van der Waals surface area contributed by atoms with Crippen LogP contribution in [0, 0.1) is 0 Å². The molecule has 29 heavy (non-hydrogen) atoms. The Bertz CT molecular complexity index is 1040. The fourth-order valence-corrected chi connectivity index (χ4v) is 3.09. The third-order valence-corrected chi connectivity index (χ3v) is 4.81. The van der Waals surface area contributed by atoms with E-state index < -0.39 is 0 Å². The highest BCUT2D eigenvalue weighted by atomic mass is 16.5. The molecule has 1 fully saturated rings. The van der Waals surface area contributed by atoms with Crippen molar-refractivity contribution < 1.29 is 9.47 Å². The van der Waals surface area contributed by atoms with Crippen LogP contribution in [0.3, 0.4) is 0 Å². The molecule has 0 saturated heterocycles. The van der Waals surface area contributed by atoms with Crippen molar-refractivity contribution in [2.45, 2.75) is 38.8 Å². The van der Waals surface area contributed by atoms with Gasteiger partial charge in [-0.05, 0) is 31.4 Å². The van der Waals surface area contributed by atoms with Gasteiger partial charge in [0.25, 0.3) is 5.56 Å². The van der Waals surface area contributed by atoms with E-state index in [1.54, 1.807) is 30.1 Å². The summed E-state index contributed by atoms with van der Waals surface area (Å²) in [6.07, 6.45) is 6.55. The van der Waals surface area contributed by atoms with Crippen molar-refractivity contribution in [1.29, 1.82) is 0 Å². The van der Waals surface area contributed by atoms with Crippen LogP contribution in [0.25, 0.3) is 22.3 Å². The molecule has 4 rings (SSSR count). The Morgan fingerprint density at radius 3 is 2.69 bits per heavy atom. The number of methoxy groups -OCH3 is 1. The van der Waals surface area contributed by atoms with E-state index in [1.165, 1.54) is 0 Å². The molecule has 0 radical (unpaired) electrons. The van der Waals surface area contributed by atoms with Gasteiger partial charge in [0.1, 0.15) is 0 Å². The van der Waals surface area contributed by atoms with Gasteiger partial charge in [0, 0.05) is 48.8 Å². The van der Waals surface area contributed by atoms with E-state index in [4.69, 9.17) is 9.47 Å². The van der Waals surface area contributed by atoms with E-state index in [1.807, 2.05) is 12.1 Å². The Hall–Kier alpha value is -3.00. The van der Waals surface area contributed by atoms with Crippen molar-refractivity contribution in [1.82, 2.24) is 19.5 Å². The number of anilines is 1. The molecule has 0 bridgehead atoms. The molecule has 0 unspecified atom stereocenters. The summed E-state index contributed by atoms with van der Waals surface area (Å²) in [7, 11) is 1.58. The summed E-state index contributed by atoms with van der Waals surface area (Å²) < 4.78 is 12.4. The lowest BCUT2D eigenvalue weighted by atomic mass is 10.1. The van der Waals surface area contributed by atoms with Gasteiger partial charge in [-0.3, -0.25) is 9.36 Å². The van der Waals surface area contributed by atoms with Crippen molar-refractivity contribution in [2.24, 2.45) is 0 Å².